The van der Waals surface area contributed by atoms with Crippen LogP contribution in [0.2, 0.25) is 0 Å². The van der Waals surface area contributed by atoms with E-state index in [0.717, 1.165) is 11.1 Å². The molecule has 1 aromatic heterocycles. The van der Waals surface area contributed by atoms with Crippen molar-refractivity contribution < 1.29 is 18.8 Å². The predicted octanol–water partition coefficient (Wildman–Crippen LogP) is 4.11. The number of methoxy groups -OCH3 is 2. The SMILES string of the molecule is COc1ccc(-c2noc(CN(C(=O)c3ccc(C)cc3)C(C)C)n2)cc1OC. The van der Waals surface area contributed by atoms with Crippen molar-refractivity contribution in [2.75, 3.05) is 14.2 Å². The lowest BCUT2D eigenvalue weighted by molar-refractivity contribution is 0.0667. The summed E-state index contributed by atoms with van der Waals surface area (Å²) >= 11 is 0. The molecular weight excluding hydrogens is 370 g/mol. The minimum absolute atomic E-state index is 0.0276. The Bertz CT molecular complexity index is 980. The molecule has 1 amide bonds. The Hall–Kier alpha value is -3.35. The highest BCUT2D eigenvalue weighted by Crippen LogP contribution is 2.31. The third-order valence-corrected chi connectivity index (χ3v) is 4.60. The molecule has 29 heavy (non-hydrogen) atoms. The van der Waals surface area contributed by atoms with Crippen LogP contribution < -0.4 is 9.47 Å². The van der Waals surface area contributed by atoms with Crippen LogP contribution in [0.25, 0.3) is 11.4 Å². The summed E-state index contributed by atoms with van der Waals surface area (Å²) in [5, 5.41) is 4.05. The highest BCUT2D eigenvalue weighted by Gasteiger charge is 2.22. The molecule has 0 atom stereocenters. The number of carbonyl (C=O) groups is 1. The standard InChI is InChI=1S/C22H25N3O4/c1-14(2)25(22(26)16-8-6-15(3)7-9-16)13-20-23-21(24-29-20)17-10-11-18(27-4)19(12-17)28-5/h6-12,14H,13H2,1-5H3. The average molecular weight is 395 g/mol. The van der Waals surface area contributed by atoms with Gasteiger partial charge in [-0.3, -0.25) is 4.79 Å². The molecule has 7 nitrogen and oxygen atoms in total. The number of aromatic nitrogens is 2. The van der Waals surface area contributed by atoms with Crippen molar-refractivity contribution in [1.29, 1.82) is 0 Å². The van der Waals surface area contributed by atoms with E-state index in [4.69, 9.17) is 14.0 Å². The van der Waals surface area contributed by atoms with Crippen molar-refractivity contribution in [3.8, 4) is 22.9 Å². The second kappa shape index (κ2) is 8.77. The van der Waals surface area contributed by atoms with E-state index in [-0.39, 0.29) is 18.5 Å². The van der Waals surface area contributed by atoms with Gasteiger partial charge in [-0.15, -0.1) is 0 Å². The van der Waals surface area contributed by atoms with Crippen LogP contribution in [0.15, 0.2) is 47.0 Å². The maximum absolute atomic E-state index is 12.9. The van der Waals surface area contributed by atoms with Crippen LogP contribution in [0.3, 0.4) is 0 Å². The molecule has 0 fully saturated rings. The second-order valence-electron chi connectivity index (χ2n) is 6.97. The summed E-state index contributed by atoms with van der Waals surface area (Å²) in [5.41, 5.74) is 2.47. The quantitative estimate of drug-likeness (QED) is 0.599. The molecule has 0 bridgehead atoms. The third kappa shape index (κ3) is 4.56. The van der Waals surface area contributed by atoms with E-state index in [1.807, 2.05) is 51.1 Å². The maximum Gasteiger partial charge on any atom is 0.254 e. The molecule has 0 aliphatic rings. The molecule has 3 rings (SSSR count). The van der Waals surface area contributed by atoms with Gasteiger partial charge in [0.1, 0.15) is 6.54 Å². The van der Waals surface area contributed by atoms with Gasteiger partial charge < -0.3 is 18.9 Å². The molecule has 0 N–H and O–H groups in total. The number of ether oxygens (including phenoxy) is 2. The smallest absolute Gasteiger partial charge is 0.254 e. The van der Waals surface area contributed by atoms with E-state index >= 15 is 0 Å². The van der Waals surface area contributed by atoms with E-state index in [1.165, 1.54) is 0 Å². The zero-order valence-electron chi connectivity index (χ0n) is 17.3. The average Bonchev–Trinajstić information content (AvgIpc) is 3.20. The van der Waals surface area contributed by atoms with Crippen molar-refractivity contribution in [3.63, 3.8) is 0 Å². The number of hydrogen-bond donors (Lipinski definition) is 0. The highest BCUT2D eigenvalue weighted by atomic mass is 16.5. The van der Waals surface area contributed by atoms with Crippen molar-refractivity contribution in [2.45, 2.75) is 33.4 Å². The van der Waals surface area contributed by atoms with E-state index in [2.05, 4.69) is 10.1 Å². The summed E-state index contributed by atoms with van der Waals surface area (Å²) in [5.74, 6) is 1.91. The van der Waals surface area contributed by atoms with Gasteiger partial charge in [0.2, 0.25) is 11.7 Å². The van der Waals surface area contributed by atoms with E-state index in [1.54, 1.807) is 31.3 Å². The molecule has 0 aliphatic heterocycles. The van der Waals surface area contributed by atoms with Crippen LogP contribution in [0.5, 0.6) is 11.5 Å². The zero-order valence-corrected chi connectivity index (χ0v) is 17.3. The molecule has 0 aliphatic carbocycles. The molecule has 3 aromatic rings. The lowest BCUT2D eigenvalue weighted by atomic mass is 10.1. The molecule has 0 saturated heterocycles. The fourth-order valence-corrected chi connectivity index (χ4v) is 2.91. The maximum atomic E-state index is 12.9. The van der Waals surface area contributed by atoms with Crippen molar-refractivity contribution in [2.24, 2.45) is 0 Å². The van der Waals surface area contributed by atoms with Gasteiger partial charge in [0.15, 0.2) is 11.5 Å². The molecule has 1 heterocycles. The molecule has 0 spiro atoms. The van der Waals surface area contributed by atoms with Gasteiger partial charge in [-0.05, 0) is 51.1 Å². The lowest BCUT2D eigenvalue weighted by Gasteiger charge is -2.25. The zero-order chi connectivity index (χ0) is 21.0. The predicted molar refractivity (Wildman–Crippen MR) is 109 cm³/mol. The number of nitrogens with zero attached hydrogens (tertiary/aromatic N) is 3. The van der Waals surface area contributed by atoms with Crippen molar-refractivity contribution in [1.82, 2.24) is 15.0 Å². The van der Waals surface area contributed by atoms with Gasteiger partial charge in [-0.1, -0.05) is 22.9 Å². The Kier molecular flexibility index (Phi) is 6.16. The summed E-state index contributed by atoms with van der Waals surface area (Å²) < 4.78 is 16.0. The van der Waals surface area contributed by atoms with Gasteiger partial charge in [0.25, 0.3) is 5.91 Å². The van der Waals surface area contributed by atoms with Crippen LogP contribution >= 0.6 is 0 Å². The van der Waals surface area contributed by atoms with Crippen LogP contribution in [0.4, 0.5) is 0 Å². The van der Waals surface area contributed by atoms with E-state index < -0.39 is 0 Å². The summed E-state index contributed by atoms with van der Waals surface area (Å²) in [4.78, 5) is 19.1. The van der Waals surface area contributed by atoms with Crippen LogP contribution in [-0.2, 0) is 6.54 Å². The van der Waals surface area contributed by atoms with Crippen LogP contribution in [-0.4, -0.2) is 41.2 Å². The lowest BCUT2D eigenvalue weighted by Crippen LogP contribution is -2.36. The molecule has 7 heteroatoms. The topological polar surface area (TPSA) is 77.7 Å². The Balaban J connectivity index is 1.81. The number of carbonyl (C=O) groups excluding carboxylic acids is 1. The van der Waals surface area contributed by atoms with Crippen LogP contribution in [0, 0.1) is 6.92 Å². The van der Waals surface area contributed by atoms with E-state index in [9.17, 15) is 4.79 Å². The van der Waals surface area contributed by atoms with Gasteiger partial charge in [0, 0.05) is 17.2 Å². The number of rotatable bonds is 7. The van der Waals surface area contributed by atoms with Crippen molar-refractivity contribution >= 4 is 5.91 Å². The molecule has 0 radical (unpaired) electrons. The molecule has 0 saturated carbocycles. The Morgan fingerprint density at radius 1 is 1.07 bits per heavy atom. The summed E-state index contributed by atoms with van der Waals surface area (Å²) in [7, 11) is 3.15. The van der Waals surface area contributed by atoms with Crippen LogP contribution in [0.1, 0.15) is 35.7 Å². The first kappa shape index (κ1) is 20.4. The number of amides is 1. The highest BCUT2D eigenvalue weighted by molar-refractivity contribution is 5.94. The minimum Gasteiger partial charge on any atom is -0.493 e. The molecule has 152 valence electrons. The summed E-state index contributed by atoms with van der Waals surface area (Å²) in [6.45, 7) is 6.13. The first-order chi connectivity index (χ1) is 13.9. The molecule has 0 unspecified atom stereocenters. The fraction of sp³-hybridized carbons (Fsp3) is 0.318. The third-order valence-electron chi connectivity index (χ3n) is 4.60. The monoisotopic (exact) mass is 395 g/mol. The Morgan fingerprint density at radius 2 is 1.76 bits per heavy atom. The summed E-state index contributed by atoms with van der Waals surface area (Å²) in [6.07, 6.45) is 0. The minimum atomic E-state index is -0.0779. The van der Waals surface area contributed by atoms with Gasteiger partial charge in [-0.2, -0.15) is 4.98 Å². The second-order valence-corrected chi connectivity index (χ2v) is 6.97. The number of benzene rings is 2. The normalized spacial score (nSPS) is 10.8. The van der Waals surface area contributed by atoms with Crippen molar-refractivity contribution in [3.05, 3.63) is 59.5 Å². The molecule has 2 aromatic carbocycles. The fourth-order valence-electron chi connectivity index (χ4n) is 2.91. The first-order valence-electron chi connectivity index (χ1n) is 9.35. The van der Waals surface area contributed by atoms with Gasteiger partial charge >= 0.3 is 0 Å². The Labute approximate surface area is 170 Å². The van der Waals surface area contributed by atoms with Gasteiger partial charge in [-0.25, -0.2) is 0 Å². The Morgan fingerprint density at radius 3 is 2.38 bits per heavy atom. The first-order valence-corrected chi connectivity index (χ1v) is 9.35. The summed E-state index contributed by atoms with van der Waals surface area (Å²) in [6, 6.07) is 12.9. The number of hydrogen-bond acceptors (Lipinski definition) is 6. The number of aryl methyl sites for hydroxylation is 1. The molecular formula is C22H25N3O4. The largest absolute Gasteiger partial charge is 0.493 e. The van der Waals surface area contributed by atoms with Gasteiger partial charge in [0.05, 0.1) is 14.2 Å². The van der Waals surface area contributed by atoms with E-state index in [0.29, 0.717) is 28.8 Å².